The van der Waals surface area contributed by atoms with Crippen molar-refractivity contribution < 1.29 is 27.1 Å². The number of rotatable bonds is 12. The molecule has 1 fully saturated rings. The first-order chi connectivity index (χ1) is 19.5. The number of hydrogen-bond donors (Lipinski definition) is 1. The van der Waals surface area contributed by atoms with Crippen LogP contribution in [-0.2, 0) is 25.9 Å². The van der Waals surface area contributed by atoms with Crippen LogP contribution < -0.4 is 10.2 Å². The van der Waals surface area contributed by atoms with Gasteiger partial charge in [-0.15, -0.1) is 0 Å². The number of hydrogen-bond acceptors (Lipinski definition) is 6. The van der Waals surface area contributed by atoms with Gasteiger partial charge in [-0.2, -0.15) is 0 Å². The first-order valence-corrected chi connectivity index (χ1v) is 15.6. The Bertz CT molecular complexity index is 1460. The van der Waals surface area contributed by atoms with E-state index in [1.165, 1.54) is 24.1 Å². The van der Waals surface area contributed by atoms with E-state index in [4.69, 9.17) is 4.74 Å². The monoisotopic (exact) mass is 581 g/mol. The van der Waals surface area contributed by atoms with Gasteiger partial charge in [0.05, 0.1) is 24.5 Å². The average molecular weight is 582 g/mol. The molecule has 1 N–H and O–H groups in total. The summed E-state index contributed by atoms with van der Waals surface area (Å²) < 4.78 is 44.1. The van der Waals surface area contributed by atoms with Crippen molar-refractivity contribution >= 4 is 27.5 Å². The van der Waals surface area contributed by atoms with Gasteiger partial charge in [-0.25, -0.2) is 17.6 Å². The number of anilines is 1. The van der Waals surface area contributed by atoms with Crippen LogP contribution in [0.2, 0.25) is 0 Å². The molecule has 1 saturated heterocycles. The summed E-state index contributed by atoms with van der Waals surface area (Å²) in [5.41, 5.74) is 3.69. The number of nitrogens with one attached hydrogen (secondary N) is 1. The quantitative estimate of drug-likeness (QED) is 0.336. The zero-order valence-corrected chi connectivity index (χ0v) is 24.4. The third-order valence-corrected chi connectivity index (χ3v) is 7.99. The summed E-state index contributed by atoms with van der Waals surface area (Å²) in [7, 11) is -3.09. The van der Waals surface area contributed by atoms with Crippen LogP contribution in [0.1, 0.15) is 30.9 Å². The summed E-state index contributed by atoms with van der Waals surface area (Å²) in [5.74, 6) is -0.472. The summed E-state index contributed by atoms with van der Waals surface area (Å²) in [5, 5.41) is 2.62. The Morgan fingerprint density at radius 1 is 1.12 bits per heavy atom. The second kappa shape index (κ2) is 13.3. The lowest BCUT2D eigenvalue weighted by atomic mass is 9.96. The van der Waals surface area contributed by atoms with E-state index >= 15 is 4.39 Å². The highest BCUT2D eigenvalue weighted by atomic mass is 32.2. The number of cyclic esters (lactones) is 1. The maximum absolute atomic E-state index is 15.2. The molecule has 41 heavy (non-hydrogen) atoms. The zero-order valence-electron chi connectivity index (χ0n) is 23.5. The molecular formula is C31H36FN3O5S. The maximum atomic E-state index is 15.2. The molecule has 3 aromatic carbocycles. The molecule has 8 nitrogen and oxygen atoms in total. The van der Waals surface area contributed by atoms with Crippen molar-refractivity contribution in [2.75, 3.05) is 43.1 Å². The lowest BCUT2D eigenvalue weighted by molar-refractivity contribution is -0.119. The molecule has 0 unspecified atom stereocenters. The minimum atomic E-state index is -3.09. The molecule has 2 amide bonds. The fourth-order valence-corrected chi connectivity index (χ4v) is 5.45. The minimum absolute atomic E-state index is 0.0892. The van der Waals surface area contributed by atoms with Gasteiger partial charge in [-0.1, -0.05) is 61.5 Å². The molecular weight excluding hydrogens is 545 g/mol. The van der Waals surface area contributed by atoms with Crippen LogP contribution in [0.5, 0.6) is 0 Å². The molecule has 0 saturated carbocycles. The number of ether oxygens (including phenoxy) is 1. The molecule has 2 atom stereocenters. The van der Waals surface area contributed by atoms with Crippen LogP contribution in [0, 0.1) is 5.82 Å². The predicted octanol–water partition coefficient (Wildman–Crippen LogP) is 4.60. The van der Waals surface area contributed by atoms with Gasteiger partial charge in [-0.05, 0) is 40.8 Å². The van der Waals surface area contributed by atoms with E-state index in [2.05, 4.69) is 17.1 Å². The number of halogens is 1. The number of carbonyl (C=O) groups is 2. The number of sulfone groups is 1. The Morgan fingerprint density at radius 3 is 2.46 bits per heavy atom. The van der Waals surface area contributed by atoms with Gasteiger partial charge < -0.3 is 10.1 Å². The second-order valence-electron chi connectivity index (χ2n) is 10.6. The zero-order chi connectivity index (χ0) is 29.6. The lowest BCUT2D eigenvalue weighted by Crippen LogP contribution is -2.33. The van der Waals surface area contributed by atoms with E-state index in [9.17, 15) is 18.0 Å². The van der Waals surface area contributed by atoms with Crippen molar-refractivity contribution in [3.05, 3.63) is 89.7 Å². The smallest absolute Gasteiger partial charge is 0.414 e. The van der Waals surface area contributed by atoms with Crippen LogP contribution in [0.4, 0.5) is 14.9 Å². The van der Waals surface area contributed by atoms with Gasteiger partial charge in [0.25, 0.3) is 0 Å². The van der Waals surface area contributed by atoms with Crippen molar-refractivity contribution in [2.45, 2.75) is 32.4 Å². The van der Waals surface area contributed by atoms with Gasteiger partial charge >= 0.3 is 6.09 Å². The largest absolute Gasteiger partial charge is 0.442 e. The molecule has 10 heteroatoms. The topological polar surface area (TPSA) is 96.0 Å². The summed E-state index contributed by atoms with van der Waals surface area (Å²) in [6.45, 7) is 5.65. The van der Waals surface area contributed by atoms with E-state index in [0.717, 1.165) is 11.1 Å². The molecule has 3 aromatic rings. The first-order valence-electron chi connectivity index (χ1n) is 13.5. The lowest BCUT2D eigenvalue weighted by Gasteiger charge is -2.26. The minimum Gasteiger partial charge on any atom is -0.442 e. The van der Waals surface area contributed by atoms with Crippen molar-refractivity contribution in [1.29, 1.82) is 0 Å². The summed E-state index contributed by atoms with van der Waals surface area (Å²) >= 11 is 0. The predicted molar refractivity (Wildman–Crippen MR) is 158 cm³/mol. The van der Waals surface area contributed by atoms with Gasteiger partial charge in [0.1, 0.15) is 21.8 Å². The van der Waals surface area contributed by atoms with Gasteiger partial charge in [-0.3, -0.25) is 14.6 Å². The van der Waals surface area contributed by atoms with E-state index < -0.39 is 27.9 Å². The third-order valence-electron chi connectivity index (χ3n) is 7.07. The van der Waals surface area contributed by atoms with Crippen LogP contribution in [0.3, 0.4) is 0 Å². The molecule has 0 bridgehead atoms. The van der Waals surface area contributed by atoms with Crippen LogP contribution in [-0.4, -0.2) is 69.6 Å². The second-order valence-corrected chi connectivity index (χ2v) is 12.9. The van der Waals surface area contributed by atoms with Crippen molar-refractivity contribution in [2.24, 2.45) is 0 Å². The Hall–Kier alpha value is -3.76. The molecule has 0 spiro atoms. The Kier molecular flexibility index (Phi) is 9.77. The van der Waals surface area contributed by atoms with Crippen molar-refractivity contribution in [3.63, 3.8) is 0 Å². The van der Waals surface area contributed by atoms with E-state index in [0.29, 0.717) is 36.4 Å². The Morgan fingerprint density at radius 2 is 1.83 bits per heavy atom. The van der Waals surface area contributed by atoms with Crippen molar-refractivity contribution in [1.82, 2.24) is 10.2 Å². The Labute approximate surface area is 241 Å². The van der Waals surface area contributed by atoms with Crippen molar-refractivity contribution in [3.8, 4) is 11.1 Å². The molecule has 218 valence electrons. The summed E-state index contributed by atoms with van der Waals surface area (Å²) in [4.78, 5) is 27.0. The molecule has 1 heterocycles. The fraction of sp³-hybridized carbons (Fsp3) is 0.355. The highest BCUT2D eigenvalue weighted by molar-refractivity contribution is 7.90. The molecule has 0 aromatic heterocycles. The van der Waals surface area contributed by atoms with Gasteiger partial charge in [0, 0.05) is 38.4 Å². The van der Waals surface area contributed by atoms with E-state index in [1.807, 2.05) is 54.6 Å². The third kappa shape index (κ3) is 8.61. The first kappa shape index (κ1) is 30.2. The van der Waals surface area contributed by atoms with Gasteiger partial charge in [0.2, 0.25) is 5.91 Å². The molecule has 4 rings (SSSR count). The SMILES string of the molecule is CC(=O)NC[C@H]1CN(c2ccc(-c3ccc([C@H](C)CN(CCS(C)(=O)=O)Cc4ccccc4)cc3)c(F)c2)C(=O)O1. The molecule has 1 aliphatic rings. The Balaban J connectivity index is 1.43. The molecule has 1 aliphatic heterocycles. The highest BCUT2D eigenvalue weighted by Crippen LogP contribution is 2.30. The standard InChI is InChI=1S/C31H36FN3O5S/c1-22(19-34(15-16-41(3,38)39)20-24-7-5-4-6-8-24)25-9-11-26(12-10-25)29-14-13-27(17-30(29)32)35-21-28(40-31(35)37)18-33-23(2)36/h4-14,17,22,28H,15-16,18-21H2,1-3H3,(H,33,36)/t22-,28+/m1/s1. The summed E-state index contributed by atoms with van der Waals surface area (Å²) in [6.07, 6.45) is 0.172. The van der Waals surface area contributed by atoms with Gasteiger partial charge in [0.15, 0.2) is 0 Å². The number of amides is 2. The van der Waals surface area contributed by atoms with E-state index in [-0.39, 0.29) is 30.7 Å². The van der Waals surface area contributed by atoms with Crippen LogP contribution in [0.15, 0.2) is 72.8 Å². The molecule has 0 radical (unpaired) electrons. The number of benzene rings is 3. The highest BCUT2D eigenvalue weighted by Gasteiger charge is 2.32. The normalized spacial score (nSPS) is 16.1. The number of nitrogens with zero attached hydrogens (tertiary/aromatic N) is 2. The van der Waals surface area contributed by atoms with Crippen LogP contribution >= 0.6 is 0 Å². The molecule has 0 aliphatic carbocycles. The maximum Gasteiger partial charge on any atom is 0.414 e. The average Bonchev–Trinajstić information content (AvgIpc) is 3.31. The fourth-order valence-electron chi connectivity index (χ4n) is 4.86. The number of carbonyl (C=O) groups excluding carboxylic acids is 2. The summed E-state index contributed by atoms with van der Waals surface area (Å²) in [6, 6.07) is 22.3. The van der Waals surface area contributed by atoms with Crippen LogP contribution in [0.25, 0.3) is 11.1 Å². The van der Waals surface area contributed by atoms with E-state index in [1.54, 1.807) is 12.1 Å².